The van der Waals surface area contributed by atoms with Crippen LogP contribution in [0, 0.1) is 24.4 Å². The van der Waals surface area contributed by atoms with Crippen molar-refractivity contribution in [3.8, 4) is 0 Å². The van der Waals surface area contributed by atoms with E-state index in [0.29, 0.717) is 18.4 Å². The van der Waals surface area contributed by atoms with Gasteiger partial charge in [-0.1, -0.05) is 32.8 Å². The molecule has 32 heavy (non-hydrogen) atoms. The van der Waals surface area contributed by atoms with Gasteiger partial charge >= 0.3 is 0 Å². The van der Waals surface area contributed by atoms with Crippen LogP contribution in [0.1, 0.15) is 55.5 Å². The van der Waals surface area contributed by atoms with E-state index in [4.69, 9.17) is 5.73 Å². The largest absolute Gasteiger partial charge is 0.384 e. The lowest BCUT2D eigenvalue weighted by Gasteiger charge is -2.54. The first kappa shape index (κ1) is 24.1. The maximum atomic E-state index is 14.6. The fourth-order valence-electron chi connectivity index (χ4n) is 4.39. The van der Waals surface area contributed by atoms with E-state index in [2.05, 4.69) is 5.32 Å². The van der Waals surface area contributed by atoms with Gasteiger partial charge in [0.1, 0.15) is 11.4 Å². The Balaban J connectivity index is 0.00000141. The van der Waals surface area contributed by atoms with E-state index in [1.807, 2.05) is 13.8 Å². The van der Waals surface area contributed by atoms with Crippen LogP contribution in [-0.2, 0) is 0 Å². The van der Waals surface area contributed by atoms with Crippen LogP contribution in [0.15, 0.2) is 30.3 Å². The molecule has 2 aromatic carbocycles. The van der Waals surface area contributed by atoms with E-state index < -0.39 is 40.2 Å². The zero-order valence-corrected chi connectivity index (χ0v) is 18.6. The summed E-state index contributed by atoms with van der Waals surface area (Å²) in [6.45, 7) is 5.73. The maximum absolute atomic E-state index is 14.6. The summed E-state index contributed by atoms with van der Waals surface area (Å²) in [5, 5.41) is 13.4. The number of aryl methyl sites for hydroxylation is 1. The summed E-state index contributed by atoms with van der Waals surface area (Å²) in [5.41, 5.74) is 4.40. The number of rotatable bonds is 4. The van der Waals surface area contributed by atoms with Crippen molar-refractivity contribution in [2.24, 2.45) is 5.73 Å². The molecule has 174 valence electrons. The number of carbonyl (C=O) groups is 1. The highest BCUT2D eigenvalue weighted by Gasteiger charge is 2.57. The molecule has 0 spiro atoms. The summed E-state index contributed by atoms with van der Waals surface area (Å²) >= 11 is 0. The summed E-state index contributed by atoms with van der Waals surface area (Å²) in [7, 11) is 0. The second kappa shape index (κ2) is 9.11. The molecule has 4 N–H and O–H groups in total. The second-order valence-electron chi connectivity index (χ2n) is 8.45. The predicted molar refractivity (Wildman–Crippen MR) is 118 cm³/mol. The molecule has 0 aromatic heterocycles. The van der Waals surface area contributed by atoms with Crippen LogP contribution in [-0.4, -0.2) is 40.1 Å². The lowest BCUT2D eigenvalue weighted by molar-refractivity contribution is -0.128. The van der Waals surface area contributed by atoms with Crippen LogP contribution < -0.4 is 11.1 Å². The smallest absolute Gasteiger partial charge is 0.256 e. The third kappa shape index (κ3) is 4.21. The maximum Gasteiger partial charge on any atom is 0.256 e. The SMILES string of the molecule is CC.Cc1ccc(Nc2c(C(=O)N3CC(O)(C4(N)CCCC4)C3)ccc(F)c2F)c(F)c1. The summed E-state index contributed by atoms with van der Waals surface area (Å²) in [6, 6.07) is 6.26. The van der Waals surface area contributed by atoms with Gasteiger partial charge in [0.25, 0.3) is 5.91 Å². The molecule has 1 saturated carbocycles. The number of anilines is 2. The van der Waals surface area contributed by atoms with E-state index in [9.17, 15) is 23.1 Å². The van der Waals surface area contributed by atoms with E-state index in [1.54, 1.807) is 13.0 Å². The summed E-state index contributed by atoms with van der Waals surface area (Å²) in [4.78, 5) is 14.3. The molecule has 2 aliphatic rings. The average molecular weight is 450 g/mol. The Hall–Kier alpha value is -2.58. The van der Waals surface area contributed by atoms with Gasteiger partial charge < -0.3 is 21.1 Å². The first-order chi connectivity index (χ1) is 15.1. The Morgan fingerprint density at radius 3 is 2.28 bits per heavy atom. The topological polar surface area (TPSA) is 78.6 Å². The van der Waals surface area contributed by atoms with Crippen molar-refractivity contribution in [1.29, 1.82) is 0 Å². The van der Waals surface area contributed by atoms with E-state index in [1.165, 1.54) is 17.0 Å². The molecule has 1 heterocycles. The molecular formula is C24H30F3N3O2. The van der Waals surface area contributed by atoms with Crippen LogP contribution in [0.4, 0.5) is 24.5 Å². The quantitative estimate of drug-likeness (QED) is 0.636. The highest BCUT2D eigenvalue weighted by Crippen LogP contribution is 2.42. The number of hydrogen-bond donors (Lipinski definition) is 3. The van der Waals surface area contributed by atoms with Crippen LogP contribution in [0.2, 0.25) is 0 Å². The van der Waals surface area contributed by atoms with Gasteiger partial charge in [0, 0.05) is 5.54 Å². The Kier molecular flexibility index (Phi) is 6.86. The van der Waals surface area contributed by atoms with Gasteiger partial charge in [-0.25, -0.2) is 13.2 Å². The number of β-amino-alcohol motifs (C(OH)–C–C–N with tert-alkyl or cyclic N) is 1. The van der Waals surface area contributed by atoms with Gasteiger partial charge in [-0.2, -0.15) is 0 Å². The first-order valence-corrected chi connectivity index (χ1v) is 11.0. The Morgan fingerprint density at radius 2 is 1.69 bits per heavy atom. The molecule has 1 aliphatic carbocycles. The Labute approximate surface area is 186 Å². The molecule has 1 saturated heterocycles. The predicted octanol–water partition coefficient (Wildman–Crippen LogP) is 4.64. The first-order valence-electron chi connectivity index (χ1n) is 11.0. The van der Waals surface area contributed by atoms with Crippen molar-refractivity contribution >= 4 is 17.3 Å². The minimum absolute atomic E-state index is 0.0136. The number of carbonyl (C=O) groups excluding carboxylic acids is 1. The number of nitrogens with two attached hydrogens (primary N) is 1. The minimum atomic E-state index is -1.28. The molecule has 1 amide bonds. The van der Waals surface area contributed by atoms with E-state index in [0.717, 1.165) is 25.0 Å². The number of amides is 1. The number of nitrogens with zero attached hydrogens (tertiary/aromatic N) is 1. The third-order valence-electron chi connectivity index (χ3n) is 6.32. The zero-order valence-electron chi connectivity index (χ0n) is 18.6. The lowest BCUT2D eigenvalue weighted by atomic mass is 9.73. The van der Waals surface area contributed by atoms with E-state index in [-0.39, 0.29) is 24.3 Å². The number of nitrogens with one attached hydrogen (secondary N) is 1. The van der Waals surface area contributed by atoms with Gasteiger partial charge in [-0.3, -0.25) is 4.79 Å². The van der Waals surface area contributed by atoms with Crippen molar-refractivity contribution in [2.75, 3.05) is 18.4 Å². The van der Waals surface area contributed by atoms with Crippen molar-refractivity contribution in [1.82, 2.24) is 4.90 Å². The fourth-order valence-corrected chi connectivity index (χ4v) is 4.39. The molecule has 5 nitrogen and oxygen atoms in total. The Morgan fingerprint density at radius 1 is 1.06 bits per heavy atom. The van der Waals surface area contributed by atoms with Gasteiger partial charge in [0.2, 0.25) is 0 Å². The number of benzene rings is 2. The number of halogens is 3. The molecule has 2 fully saturated rings. The van der Waals surface area contributed by atoms with Crippen LogP contribution in [0.25, 0.3) is 0 Å². The monoisotopic (exact) mass is 449 g/mol. The number of hydrogen-bond acceptors (Lipinski definition) is 4. The normalized spacial score (nSPS) is 18.4. The molecule has 2 aromatic rings. The minimum Gasteiger partial charge on any atom is -0.384 e. The summed E-state index contributed by atoms with van der Waals surface area (Å²) in [6.07, 6.45) is 3.20. The van der Waals surface area contributed by atoms with Crippen LogP contribution in [0.5, 0.6) is 0 Å². The summed E-state index contributed by atoms with van der Waals surface area (Å²) < 4.78 is 42.7. The molecule has 1 aliphatic heterocycles. The Bertz CT molecular complexity index is 1000. The van der Waals surface area contributed by atoms with Gasteiger partial charge in [0.15, 0.2) is 11.6 Å². The molecule has 0 bridgehead atoms. The highest BCUT2D eigenvalue weighted by atomic mass is 19.2. The van der Waals surface area contributed by atoms with Crippen molar-refractivity contribution < 1.29 is 23.1 Å². The van der Waals surface area contributed by atoms with Gasteiger partial charge in [0.05, 0.1) is 30.0 Å². The van der Waals surface area contributed by atoms with Gasteiger partial charge in [-0.15, -0.1) is 0 Å². The molecule has 0 unspecified atom stereocenters. The number of likely N-dealkylation sites (tertiary alicyclic amines) is 1. The van der Waals surface area contributed by atoms with Crippen molar-refractivity contribution in [2.45, 2.75) is 57.6 Å². The highest BCUT2D eigenvalue weighted by molar-refractivity contribution is 6.01. The molecule has 4 rings (SSSR count). The third-order valence-corrected chi connectivity index (χ3v) is 6.32. The van der Waals surface area contributed by atoms with E-state index >= 15 is 0 Å². The number of aliphatic hydroxyl groups is 1. The molecule has 0 radical (unpaired) electrons. The van der Waals surface area contributed by atoms with Crippen molar-refractivity contribution in [3.05, 3.63) is 58.9 Å². The molecule has 8 heteroatoms. The van der Waals surface area contributed by atoms with Crippen LogP contribution in [0.3, 0.4) is 0 Å². The standard InChI is InChI=1S/C22H24F3N3O2.C2H6/c1-13-4-7-17(16(24)10-13)27-19-14(5-6-15(23)18(19)25)20(29)28-11-22(30,12-28)21(26)8-2-3-9-21;1-2/h4-7,10,27,30H,2-3,8-9,11-12,26H2,1H3;1-2H3. The van der Waals surface area contributed by atoms with Gasteiger partial charge in [-0.05, 0) is 49.6 Å². The molecular weight excluding hydrogens is 419 g/mol. The average Bonchev–Trinajstić information content (AvgIpc) is 3.20. The van der Waals surface area contributed by atoms with Crippen LogP contribution >= 0.6 is 0 Å². The lowest BCUT2D eigenvalue weighted by Crippen LogP contribution is -2.76. The fraction of sp³-hybridized carbons (Fsp3) is 0.458. The molecule has 0 atom stereocenters. The zero-order chi connectivity index (χ0) is 23.7. The second-order valence-corrected chi connectivity index (χ2v) is 8.45. The van der Waals surface area contributed by atoms with Crippen molar-refractivity contribution in [3.63, 3.8) is 0 Å². The summed E-state index contributed by atoms with van der Waals surface area (Å²) in [5.74, 6) is -3.67.